The molecule has 1 rings (SSSR count). The number of guanidine groups is 1. The number of hydrogen-bond acceptors (Lipinski definition) is 6. The highest BCUT2D eigenvalue weighted by molar-refractivity contribution is 5.77. The van der Waals surface area contributed by atoms with Crippen LogP contribution in [0.4, 0.5) is 5.88 Å². The molecular weight excluding hydrogens is 204 g/mol. The smallest absolute Gasteiger partial charge is 0.400 e. The van der Waals surface area contributed by atoms with Crippen LogP contribution in [0.1, 0.15) is 5.76 Å². The molecule has 0 amide bonds. The second kappa shape index (κ2) is 4.60. The molecule has 1 aromatic heterocycles. The molecule has 0 bridgehead atoms. The van der Waals surface area contributed by atoms with Crippen LogP contribution in [0, 0.1) is 10.1 Å². The molecule has 1 aromatic rings. The largest absolute Gasteiger partial charge is 0.433 e. The lowest BCUT2D eigenvalue weighted by atomic mass is 10.5. The van der Waals surface area contributed by atoms with Crippen LogP contribution in [0.25, 0.3) is 0 Å². The third-order valence-corrected chi connectivity index (χ3v) is 1.22. The van der Waals surface area contributed by atoms with Crippen LogP contribution in [-0.2, 0) is 0 Å². The van der Waals surface area contributed by atoms with Crippen molar-refractivity contribution in [2.45, 2.75) is 0 Å². The van der Waals surface area contributed by atoms with E-state index in [1.54, 1.807) is 0 Å². The highest BCUT2D eigenvalue weighted by atomic mass is 16.6. The van der Waals surface area contributed by atoms with Crippen LogP contribution in [0.5, 0.6) is 0 Å². The molecule has 5 N–H and O–H groups in total. The average molecular weight is 212 g/mol. The lowest BCUT2D eigenvalue weighted by molar-refractivity contribution is -0.402. The molecule has 0 aliphatic rings. The molecule has 1 heterocycles. The van der Waals surface area contributed by atoms with Gasteiger partial charge in [-0.3, -0.25) is 10.1 Å². The quantitative estimate of drug-likeness (QED) is 0.260. The predicted molar refractivity (Wildman–Crippen MR) is 51.9 cm³/mol. The maximum absolute atomic E-state index is 10.2. The van der Waals surface area contributed by atoms with E-state index in [0.717, 1.165) is 0 Å². The van der Waals surface area contributed by atoms with Crippen LogP contribution in [0.2, 0.25) is 0 Å². The zero-order valence-electron chi connectivity index (χ0n) is 7.45. The van der Waals surface area contributed by atoms with E-state index in [9.17, 15) is 10.1 Å². The van der Waals surface area contributed by atoms with Crippen molar-refractivity contribution < 1.29 is 9.34 Å². The Morgan fingerprint density at radius 2 is 2.33 bits per heavy atom. The first-order chi connectivity index (χ1) is 7.09. The molecule has 0 saturated carbocycles. The van der Waals surface area contributed by atoms with Gasteiger partial charge in [0.1, 0.15) is 4.92 Å². The summed E-state index contributed by atoms with van der Waals surface area (Å²) in [5, 5.41) is 17.1. The van der Waals surface area contributed by atoms with Crippen LogP contribution in [0.3, 0.4) is 0 Å². The Balaban J connectivity index is 2.57. The van der Waals surface area contributed by atoms with Gasteiger partial charge >= 0.3 is 5.88 Å². The van der Waals surface area contributed by atoms with E-state index in [1.165, 1.54) is 18.3 Å². The van der Waals surface area contributed by atoms with Gasteiger partial charge in [-0.05, 0) is 6.07 Å². The van der Waals surface area contributed by atoms with Gasteiger partial charge in [0, 0.05) is 0 Å². The molecule has 0 atom stereocenters. The summed E-state index contributed by atoms with van der Waals surface area (Å²) in [4.78, 5) is 9.58. The maximum Gasteiger partial charge on any atom is 0.433 e. The summed E-state index contributed by atoms with van der Waals surface area (Å²) in [5.41, 5.74) is 12.1. The first kappa shape index (κ1) is 10.5. The molecular formula is C6H8N6O3. The number of nitro groups is 1. The molecule has 0 aromatic carbocycles. The van der Waals surface area contributed by atoms with Crippen molar-refractivity contribution in [3.8, 4) is 0 Å². The summed E-state index contributed by atoms with van der Waals surface area (Å²) in [7, 11) is 0. The van der Waals surface area contributed by atoms with Crippen molar-refractivity contribution in [2.24, 2.45) is 21.7 Å². The van der Waals surface area contributed by atoms with Gasteiger partial charge in [-0.25, -0.2) is 0 Å². The topological polar surface area (TPSA) is 145 Å². The van der Waals surface area contributed by atoms with E-state index in [0.29, 0.717) is 0 Å². The molecule has 0 spiro atoms. The van der Waals surface area contributed by atoms with Crippen LogP contribution >= 0.6 is 0 Å². The lowest BCUT2D eigenvalue weighted by Gasteiger charge is -1.89. The number of rotatable bonds is 4. The van der Waals surface area contributed by atoms with Crippen molar-refractivity contribution in [2.75, 3.05) is 0 Å². The Bertz CT molecular complexity index is 405. The molecule has 9 heteroatoms. The first-order valence-electron chi connectivity index (χ1n) is 3.70. The van der Waals surface area contributed by atoms with Gasteiger partial charge in [0.15, 0.2) is 5.76 Å². The fourth-order valence-electron chi connectivity index (χ4n) is 0.689. The fraction of sp³-hybridized carbons (Fsp3) is 0. The lowest BCUT2D eigenvalue weighted by Crippen LogP contribution is -2.25. The molecule has 80 valence electrons. The normalized spacial score (nSPS) is 10.1. The van der Waals surface area contributed by atoms with E-state index >= 15 is 0 Å². The summed E-state index contributed by atoms with van der Waals surface area (Å²) < 4.78 is 4.75. The summed E-state index contributed by atoms with van der Waals surface area (Å²) in [5.74, 6) is -0.337. The Morgan fingerprint density at radius 3 is 2.87 bits per heavy atom. The predicted octanol–water partition coefficient (Wildman–Crippen LogP) is -0.700. The van der Waals surface area contributed by atoms with E-state index in [4.69, 9.17) is 15.9 Å². The van der Waals surface area contributed by atoms with Gasteiger partial charge in [0.2, 0.25) is 5.96 Å². The molecule has 15 heavy (non-hydrogen) atoms. The van der Waals surface area contributed by atoms with Crippen molar-refractivity contribution in [1.82, 2.24) is 5.53 Å². The molecule has 0 aliphatic carbocycles. The Labute approximate surface area is 83.6 Å². The highest BCUT2D eigenvalue weighted by Crippen LogP contribution is 2.13. The molecule has 0 aliphatic heterocycles. The van der Waals surface area contributed by atoms with E-state index in [1.807, 2.05) is 0 Å². The van der Waals surface area contributed by atoms with Gasteiger partial charge in [0.05, 0.1) is 12.3 Å². The van der Waals surface area contributed by atoms with Gasteiger partial charge in [-0.15, -0.1) is 5.10 Å². The molecule has 0 fully saturated rings. The second-order valence-corrected chi connectivity index (χ2v) is 2.33. The average Bonchev–Trinajstić information content (AvgIpc) is 2.60. The Morgan fingerprint density at radius 1 is 1.60 bits per heavy atom. The summed E-state index contributed by atoms with van der Waals surface area (Å²) in [6, 6.07) is 2.60. The van der Waals surface area contributed by atoms with Crippen molar-refractivity contribution in [3.63, 3.8) is 0 Å². The monoisotopic (exact) mass is 212 g/mol. The van der Waals surface area contributed by atoms with Crippen molar-refractivity contribution >= 4 is 18.1 Å². The van der Waals surface area contributed by atoms with Crippen LogP contribution in [0.15, 0.2) is 26.8 Å². The second-order valence-electron chi connectivity index (χ2n) is 2.33. The zero-order chi connectivity index (χ0) is 11.3. The SMILES string of the molecule is NC(N)=NN/N=C/c1ccc([N+](=O)[O-])o1. The third kappa shape index (κ3) is 3.34. The molecule has 0 unspecified atom stereocenters. The fourth-order valence-corrected chi connectivity index (χ4v) is 0.689. The van der Waals surface area contributed by atoms with Crippen molar-refractivity contribution in [1.29, 1.82) is 0 Å². The highest BCUT2D eigenvalue weighted by Gasteiger charge is 2.09. The van der Waals surface area contributed by atoms with E-state index in [2.05, 4.69) is 15.7 Å². The number of furan rings is 1. The van der Waals surface area contributed by atoms with E-state index in [-0.39, 0.29) is 17.6 Å². The van der Waals surface area contributed by atoms with Gasteiger partial charge in [-0.1, -0.05) is 0 Å². The Hall–Kier alpha value is -2.58. The number of nitrogens with two attached hydrogens (primary N) is 2. The Kier molecular flexibility index (Phi) is 3.22. The number of nitrogens with zero attached hydrogens (tertiary/aromatic N) is 3. The maximum atomic E-state index is 10.2. The summed E-state index contributed by atoms with van der Waals surface area (Å²) >= 11 is 0. The van der Waals surface area contributed by atoms with Gasteiger partial charge < -0.3 is 15.9 Å². The van der Waals surface area contributed by atoms with Crippen LogP contribution in [-0.4, -0.2) is 17.1 Å². The molecule has 0 saturated heterocycles. The third-order valence-electron chi connectivity index (χ3n) is 1.22. The molecule has 0 radical (unpaired) electrons. The minimum atomic E-state index is -0.652. The van der Waals surface area contributed by atoms with Gasteiger partial charge in [-0.2, -0.15) is 10.6 Å². The number of hydrogen-bond donors (Lipinski definition) is 3. The first-order valence-corrected chi connectivity index (χ1v) is 3.70. The van der Waals surface area contributed by atoms with Crippen molar-refractivity contribution in [3.05, 3.63) is 28.0 Å². The summed E-state index contributed by atoms with van der Waals surface area (Å²) in [6.45, 7) is 0. The number of nitrogens with one attached hydrogen (secondary N) is 1. The minimum Gasteiger partial charge on any atom is -0.400 e. The standard InChI is InChI=1S/C6H8N6O3/c7-6(8)10-11-9-3-4-1-2-5(15-4)12(13)14/h1-3,11H,(H4,7,8,10)/b9-3+. The van der Waals surface area contributed by atoms with Crippen LogP contribution < -0.4 is 17.0 Å². The van der Waals surface area contributed by atoms with E-state index < -0.39 is 4.92 Å². The van der Waals surface area contributed by atoms with Gasteiger partial charge in [0.25, 0.3) is 0 Å². The minimum absolute atomic E-state index is 0.183. The number of hydrazone groups is 2. The zero-order valence-corrected chi connectivity index (χ0v) is 7.45. The summed E-state index contributed by atoms with van der Waals surface area (Å²) in [6.07, 6.45) is 1.19. The molecule has 9 nitrogen and oxygen atoms in total.